The molecule has 0 unspecified atom stereocenters. The zero-order chi connectivity index (χ0) is 22.9. The van der Waals surface area contributed by atoms with Crippen molar-refractivity contribution in [3.8, 4) is 11.5 Å². The molecule has 0 saturated carbocycles. The average Bonchev–Trinajstić information content (AvgIpc) is 3.00. The van der Waals surface area contributed by atoms with Gasteiger partial charge in [0, 0.05) is 22.2 Å². The first-order valence-corrected chi connectivity index (χ1v) is 11.7. The van der Waals surface area contributed by atoms with Gasteiger partial charge in [0.15, 0.2) is 17.3 Å². The number of nitrogens with one attached hydrogen (secondary N) is 2. The summed E-state index contributed by atoms with van der Waals surface area (Å²) in [4.78, 5) is 13.7. The van der Waals surface area contributed by atoms with E-state index in [4.69, 9.17) is 9.47 Å². The Kier molecular flexibility index (Phi) is 5.85. The molecule has 0 aromatic heterocycles. The van der Waals surface area contributed by atoms with Crippen LogP contribution >= 0.6 is 15.9 Å². The molecule has 2 N–H and O–H groups in total. The molecule has 168 valence electrons. The van der Waals surface area contributed by atoms with E-state index in [2.05, 4.69) is 32.6 Å². The SMILES string of the molecule is COc1ccc([C@@H]2CC(=O)C3=C(C2)Nc2ccccc2N[C@H]3c2ccccc2Br)cc1OC. The van der Waals surface area contributed by atoms with E-state index in [1.165, 1.54) is 0 Å². The quantitative estimate of drug-likeness (QED) is 0.427. The maximum atomic E-state index is 13.7. The Hall–Kier alpha value is -3.25. The van der Waals surface area contributed by atoms with Crippen LogP contribution in [0.5, 0.6) is 11.5 Å². The number of hydrogen-bond donors (Lipinski definition) is 2. The number of carbonyl (C=O) groups is 1. The smallest absolute Gasteiger partial charge is 0.163 e. The normalized spacial score (nSPS) is 19.5. The van der Waals surface area contributed by atoms with Crippen LogP contribution in [0.1, 0.15) is 35.9 Å². The lowest BCUT2D eigenvalue weighted by Crippen LogP contribution is -2.27. The van der Waals surface area contributed by atoms with E-state index in [0.717, 1.165) is 44.7 Å². The Labute approximate surface area is 201 Å². The number of methoxy groups -OCH3 is 2. The standard InChI is InChI=1S/C27H25BrN2O3/c1-32-24-12-11-16(15-25(24)33-2)17-13-22-26(23(31)14-17)27(18-7-3-4-8-19(18)28)30-21-10-6-5-9-20(21)29-22/h3-12,15,17,27,29-30H,13-14H2,1-2H3/t17-,27-/m0/s1. The van der Waals surface area contributed by atoms with Crippen molar-refractivity contribution in [3.05, 3.63) is 93.6 Å². The third-order valence-corrected chi connectivity index (χ3v) is 7.13. The molecule has 3 aromatic rings. The highest BCUT2D eigenvalue weighted by atomic mass is 79.9. The predicted octanol–water partition coefficient (Wildman–Crippen LogP) is 6.45. The van der Waals surface area contributed by atoms with E-state index in [1.807, 2.05) is 60.7 Å². The summed E-state index contributed by atoms with van der Waals surface area (Å²) in [5, 5.41) is 7.21. The molecular weight excluding hydrogens is 480 g/mol. The minimum absolute atomic E-state index is 0.0497. The topological polar surface area (TPSA) is 59.6 Å². The number of anilines is 2. The van der Waals surface area contributed by atoms with E-state index in [1.54, 1.807) is 14.2 Å². The first-order valence-electron chi connectivity index (χ1n) is 10.9. The summed E-state index contributed by atoms with van der Waals surface area (Å²) < 4.78 is 11.9. The minimum atomic E-state index is -0.245. The van der Waals surface area contributed by atoms with Gasteiger partial charge in [-0.15, -0.1) is 0 Å². The number of allylic oxidation sites excluding steroid dienone is 1. The fourth-order valence-corrected chi connectivity index (χ4v) is 5.29. The first kappa shape index (κ1) is 21.6. The molecule has 5 rings (SSSR count). The van der Waals surface area contributed by atoms with Crippen LogP contribution in [0, 0.1) is 0 Å². The van der Waals surface area contributed by atoms with Crippen molar-refractivity contribution in [2.45, 2.75) is 24.8 Å². The Morgan fingerprint density at radius 3 is 2.36 bits per heavy atom. The molecule has 33 heavy (non-hydrogen) atoms. The molecular formula is C27H25BrN2O3. The average molecular weight is 505 g/mol. The van der Waals surface area contributed by atoms with Gasteiger partial charge in [0.25, 0.3) is 0 Å². The van der Waals surface area contributed by atoms with Gasteiger partial charge in [-0.05, 0) is 53.8 Å². The Morgan fingerprint density at radius 2 is 1.61 bits per heavy atom. The molecule has 2 aliphatic rings. The second-order valence-corrected chi connectivity index (χ2v) is 9.16. The van der Waals surface area contributed by atoms with Gasteiger partial charge in [-0.25, -0.2) is 0 Å². The van der Waals surface area contributed by atoms with Crippen LogP contribution in [0.15, 0.2) is 82.5 Å². The molecule has 1 heterocycles. The Bertz CT molecular complexity index is 1250. The molecule has 0 spiro atoms. The molecule has 1 aliphatic heterocycles. The van der Waals surface area contributed by atoms with Crippen molar-refractivity contribution < 1.29 is 14.3 Å². The van der Waals surface area contributed by atoms with Crippen LogP contribution in [0.4, 0.5) is 11.4 Å². The zero-order valence-electron chi connectivity index (χ0n) is 18.5. The third kappa shape index (κ3) is 4.00. The summed E-state index contributed by atoms with van der Waals surface area (Å²) in [6, 6.07) is 21.8. The van der Waals surface area contributed by atoms with Crippen LogP contribution < -0.4 is 20.1 Å². The molecule has 6 heteroatoms. The molecule has 0 fully saturated rings. The molecule has 2 atom stereocenters. The van der Waals surface area contributed by atoms with Crippen LogP contribution in [-0.2, 0) is 4.79 Å². The Morgan fingerprint density at radius 1 is 0.879 bits per heavy atom. The number of fused-ring (bicyclic) bond motifs is 1. The zero-order valence-corrected chi connectivity index (χ0v) is 20.1. The summed E-state index contributed by atoms with van der Waals surface area (Å²) in [6.45, 7) is 0. The van der Waals surface area contributed by atoms with Crippen molar-refractivity contribution in [2.75, 3.05) is 24.9 Å². The molecule has 0 amide bonds. The number of carbonyl (C=O) groups excluding carboxylic acids is 1. The van der Waals surface area contributed by atoms with Gasteiger partial charge in [-0.3, -0.25) is 4.79 Å². The summed E-state index contributed by atoms with van der Waals surface area (Å²) in [7, 11) is 3.26. The lowest BCUT2D eigenvalue weighted by Gasteiger charge is -2.30. The summed E-state index contributed by atoms with van der Waals surface area (Å²) in [5.41, 5.74) is 5.82. The lowest BCUT2D eigenvalue weighted by atomic mass is 9.78. The van der Waals surface area contributed by atoms with Gasteiger partial charge < -0.3 is 20.1 Å². The van der Waals surface area contributed by atoms with Crippen molar-refractivity contribution in [3.63, 3.8) is 0 Å². The number of hydrogen-bond acceptors (Lipinski definition) is 5. The Balaban J connectivity index is 1.59. The fourth-order valence-electron chi connectivity index (χ4n) is 4.78. The maximum Gasteiger partial charge on any atom is 0.163 e. The van der Waals surface area contributed by atoms with Crippen molar-refractivity contribution in [1.82, 2.24) is 0 Å². The maximum absolute atomic E-state index is 13.7. The van der Waals surface area contributed by atoms with Gasteiger partial charge in [0.05, 0.1) is 31.6 Å². The predicted molar refractivity (Wildman–Crippen MR) is 134 cm³/mol. The van der Waals surface area contributed by atoms with E-state index >= 15 is 0 Å². The van der Waals surface area contributed by atoms with Crippen molar-refractivity contribution >= 4 is 33.1 Å². The highest BCUT2D eigenvalue weighted by Gasteiger charge is 2.36. The summed E-state index contributed by atoms with van der Waals surface area (Å²) in [6.07, 6.45) is 1.17. The fraction of sp³-hybridized carbons (Fsp3) is 0.222. The second kappa shape index (κ2) is 8.94. The van der Waals surface area contributed by atoms with Crippen LogP contribution in [0.25, 0.3) is 0 Å². The van der Waals surface area contributed by atoms with Crippen LogP contribution in [0.3, 0.4) is 0 Å². The highest BCUT2D eigenvalue weighted by Crippen LogP contribution is 2.46. The molecule has 1 aliphatic carbocycles. The largest absolute Gasteiger partial charge is 0.493 e. The van der Waals surface area contributed by atoms with Gasteiger partial charge in [0.2, 0.25) is 0 Å². The highest BCUT2D eigenvalue weighted by molar-refractivity contribution is 9.10. The number of rotatable bonds is 4. The molecule has 0 saturated heterocycles. The number of ether oxygens (including phenoxy) is 2. The monoisotopic (exact) mass is 504 g/mol. The van der Waals surface area contributed by atoms with Gasteiger partial charge >= 0.3 is 0 Å². The first-order chi connectivity index (χ1) is 16.1. The van der Waals surface area contributed by atoms with Crippen LogP contribution in [0.2, 0.25) is 0 Å². The summed E-state index contributed by atoms with van der Waals surface area (Å²) in [5.74, 6) is 1.55. The van der Waals surface area contributed by atoms with E-state index < -0.39 is 0 Å². The second-order valence-electron chi connectivity index (χ2n) is 8.30. The van der Waals surface area contributed by atoms with Gasteiger partial charge in [-0.2, -0.15) is 0 Å². The summed E-state index contributed by atoms with van der Waals surface area (Å²) >= 11 is 3.69. The molecule has 0 radical (unpaired) electrons. The minimum Gasteiger partial charge on any atom is -0.493 e. The van der Waals surface area contributed by atoms with E-state index in [9.17, 15) is 4.79 Å². The third-order valence-electron chi connectivity index (χ3n) is 6.40. The van der Waals surface area contributed by atoms with Crippen molar-refractivity contribution in [2.24, 2.45) is 0 Å². The van der Waals surface area contributed by atoms with E-state index in [0.29, 0.717) is 17.9 Å². The molecule has 3 aromatic carbocycles. The van der Waals surface area contributed by atoms with Gasteiger partial charge in [-0.1, -0.05) is 52.3 Å². The number of halogens is 1. The number of ketones is 1. The number of para-hydroxylation sites is 2. The van der Waals surface area contributed by atoms with Gasteiger partial charge in [0.1, 0.15) is 0 Å². The number of benzene rings is 3. The van der Waals surface area contributed by atoms with Crippen molar-refractivity contribution in [1.29, 1.82) is 0 Å². The van der Waals surface area contributed by atoms with Crippen LogP contribution in [-0.4, -0.2) is 20.0 Å². The molecule has 5 nitrogen and oxygen atoms in total. The van der Waals surface area contributed by atoms with E-state index in [-0.39, 0.29) is 17.7 Å². The molecule has 0 bridgehead atoms. The number of Topliss-reactive ketones (excluding diaryl/α,β-unsaturated/α-hetero) is 1. The lowest BCUT2D eigenvalue weighted by molar-refractivity contribution is -0.116.